The van der Waals surface area contributed by atoms with Crippen LogP contribution in [0.3, 0.4) is 0 Å². The fourth-order valence-electron chi connectivity index (χ4n) is 3.03. The Balaban J connectivity index is 0.00000338. The number of piperazine rings is 1. The summed E-state index contributed by atoms with van der Waals surface area (Å²) in [7, 11) is 0. The molecule has 1 aromatic carbocycles. The van der Waals surface area contributed by atoms with Crippen LogP contribution in [-0.2, 0) is 9.59 Å². The first-order valence-electron chi connectivity index (χ1n) is 8.68. The monoisotopic (exact) mass is 386 g/mol. The number of hydrogen-bond acceptors (Lipinski definition) is 4. The number of rotatable bonds is 6. The summed E-state index contributed by atoms with van der Waals surface area (Å²) in [5.41, 5.74) is 5.86. The fourth-order valence-corrected chi connectivity index (χ4v) is 3.03. The van der Waals surface area contributed by atoms with Crippen LogP contribution in [0.4, 0.5) is 10.1 Å². The first-order chi connectivity index (χ1) is 11.8. The van der Waals surface area contributed by atoms with Gasteiger partial charge in [-0.2, -0.15) is 0 Å². The zero-order valence-corrected chi connectivity index (χ0v) is 16.2. The van der Waals surface area contributed by atoms with E-state index in [-0.39, 0.29) is 36.6 Å². The van der Waals surface area contributed by atoms with E-state index in [9.17, 15) is 14.0 Å². The van der Waals surface area contributed by atoms with Gasteiger partial charge in [0.25, 0.3) is 0 Å². The van der Waals surface area contributed by atoms with Crippen molar-refractivity contribution in [3.05, 3.63) is 30.1 Å². The van der Waals surface area contributed by atoms with Gasteiger partial charge in [-0.15, -0.1) is 12.4 Å². The third-order valence-corrected chi connectivity index (χ3v) is 4.41. The minimum absolute atomic E-state index is 0. The van der Waals surface area contributed by atoms with Crippen molar-refractivity contribution in [2.75, 3.05) is 38.0 Å². The lowest BCUT2D eigenvalue weighted by atomic mass is 9.95. The molecule has 0 bridgehead atoms. The van der Waals surface area contributed by atoms with Gasteiger partial charge >= 0.3 is 0 Å². The van der Waals surface area contributed by atoms with Gasteiger partial charge in [-0.1, -0.05) is 13.3 Å². The summed E-state index contributed by atoms with van der Waals surface area (Å²) in [4.78, 5) is 28.3. The number of nitrogens with zero attached hydrogens (tertiary/aromatic N) is 2. The molecule has 6 nitrogen and oxygen atoms in total. The standard InChI is InChI=1S/C18H27FN4O2.ClH/c1-3-8-18(2,20)17(25)23-11-9-22(10-12-23)13-16(24)21-15-6-4-14(19)5-7-15;/h4-7H,3,8-13,20H2,1-2H3,(H,21,24);1H. The molecule has 0 saturated carbocycles. The van der Waals surface area contributed by atoms with Crippen LogP contribution in [-0.4, -0.2) is 59.9 Å². The zero-order valence-electron chi connectivity index (χ0n) is 15.3. The number of nitrogens with one attached hydrogen (secondary N) is 1. The average molecular weight is 387 g/mol. The molecule has 3 N–H and O–H groups in total. The molecule has 8 heteroatoms. The molecule has 1 heterocycles. The number of benzene rings is 1. The molecule has 146 valence electrons. The molecule has 1 aliphatic heterocycles. The van der Waals surface area contributed by atoms with Crippen molar-refractivity contribution in [2.24, 2.45) is 5.73 Å². The quantitative estimate of drug-likeness (QED) is 0.782. The zero-order chi connectivity index (χ0) is 18.4. The number of nitrogens with two attached hydrogens (primary N) is 1. The Bertz CT molecular complexity index is 602. The van der Waals surface area contributed by atoms with Crippen molar-refractivity contribution < 1.29 is 14.0 Å². The van der Waals surface area contributed by atoms with E-state index in [1.807, 2.05) is 11.8 Å². The van der Waals surface area contributed by atoms with Crippen molar-refractivity contribution in [2.45, 2.75) is 32.2 Å². The first-order valence-corrected chi connectivity index (χ1v) is 8.68. The number of anilines is 1. The Morgan fingerprint density at radius 2 is 1.77 bits per heavy atom. The summed E-state index contributed by atoms with van der Waals surface area (Å²) in [5.74, 6) is -0.514. The molecule has 0 spiro atoms. The molecule has 1 aliphatic rings. The highest BCUT2D eigenvalue weighted by atomic mass is 35.5. The van der Waals surface area contributed by atoms with Crippen LogP contribution in [0.15, 0.2) is 24.3 Å². The molecular formula is C18H28ClFN4O2. The maximum absolute atomic E-state index is 12.9. The minimum atomic E-state index is -0.823. The van der Waals surface area contributed by atoms with Crippen molar-refractivity contribution >= 4 is 29.9 Å². The van der Waals surface area contributed by atoms with Crippen LogP contribution in [0, 0.1) is 5.82 Å². The molecule has 1 fully saturated rings. The minimum Gasteiger partial charge on any atom is -0.339 e. The smallest absolute Gasteiger partial charge is 0.242 e. The van der Waals surface area contributed by atoms with Crippen molar-refractivity contribution in [1.29, 1.82) is 0 Å². The van der Waals surface area contributed by atoms with E-state index in [1.54, 1.807) is 11.8 Å². The van der Waals surface area contributed by atoms with E-state index in [0.29, 0.717) is 38.3 Å². The number of hydrogen-bond donors (Lipinski definition) is 2. The highest BCUT2D eigenvalue weighted by Crippen LogP contribution is 2.15. The van der Waals surface area contributed by atoms with Crippen LogP contribution < -0.4 is 11.1 Å². The predicted octanol–water partition coefficient (Wildman–Crippen LogP) is 1.85. The third-order valence-electron chi connectivity index (χ3n) is 4.41. The van der Waals surface area contributed by atoms with Gasteiger partial charge in [-0.05, 0) is 37.6 Å². The number of carbonyl (C=O) groups excluding carboxylic acids is 2. The van der Waals surface area contributed by atoms with E-state index < -0.39 is 5.54 Å². The SMILES string of the molecule is CCCC(C)(N)C(=O)N1CCN(CC(=O)Nc2ccc(F)cc2)CC1.Cl. The molecule has 1 atom stereocenters. The number of carbonyl (C=O) groups is 2. The summed E-state index contributed by atoms with van der Waals surface area (Å²) in [6.07, 6.45) is 1.52. The summed E-state index contributed by atoms with van der Waals surface area (Å²) in [6, 6.07) is 5.67. The predicted molar refractivity (Wildman–Crippen MR) is 103 cm³/mol. The van der Waals surface area contributed by atoms with E-state index >= 15 is 0 Å². The number of halogens is 2. The summed E-state index contributed by atoms with van der Waals surface area (Å²) in [6.45, 7) is 6.43. The molecule has 0 aliphatic carbocycles. The van der Waals surface area contributed by atoms with Crippen LogP contribution in [0.2, 0.25) is 0 Å². The van der Waals surface area contributed by atoms with E-state index in [4.69, 9.17) is 5.73 Å². The van der Waals surface area contributed by atoms with E-state index in [1.165, 1.54) is 24.3 Å². The molecule has 26 heavy (non-hydrogen) atoms. The Labute approximate surface area is 160 Å². The van der Waals surface area contributed by atoms with Gasteiger partial charge in [0.05, 0.1) is 12.1 Å². The number of amides is 2. The highest BCUT2D eigenvalue weighted by Gasteiger charge is 2.33. The Morgan fingerprint density at radius 3 is 2.31 bits per heavy atom. The largest absolute Gasteiger partial charge is 0.339 e. The molecule has 2 amide bonds. The van der Waals surface area contributed by atoms with Crippen LogP contribution in [0.25, 0.3) is 0 Å². The van der Waals surface area contributed by atoms with Crippen LogP contribution in [0.1, 0.15) is 26.7 Å². The lowest BCUT2D eigenvalue weighted by Gasteiger charge is -2.38. The maximum Gasteiger partial charge on any atom is 0.242 e. The summed E-state index contributed by atoms with van der Waals surface area (Å²) < 4.78 is 12.9. The molecular weight excluding hydrogens is 359 g/mol. The molecule has 2 rings (SSSR count). The molecule has 0 aromatic heterocycles. The second-order valence-electron chi connectivity index (χ2n) is 6.79. The molecule has 1 saturated heterocycles. The molecule has 1 unspecified atom stereocenters. The van der Waals surface area contributed by atoms with Gasteiger partial charge in [0.2, 0.25) is 11.8 Å². The Morgan fingerprint density at radius 1 is 1.19 bits per heavy atom. The maximum atomic E-state index is 12.9. The summed E-state index contributed by atoms with van der Waals surface area (Å²) in [5, 5.41) is 2.74. The lowest BCUT2D eigenvalue weighted by molar-refractivity contribution is -0.138. The van der Waals surface area contributed by atoms with Crippen LogP contribution >= 0.6 is 12.4 Å². The van der Waals surface area contributed by atoms with Gasteiger partial charge in [-0.3, -0.25) is 14.5 Å². The van der Waals surface area contributed by atoms with Gasteiger partial charge in [0, 0.05) is 31.9 Å². The normalized spacial score (nSPS) is 17.2. The second kappa shape index (κ2) is 9.85. The molecule has 0 radical (unpaired) electrons. The highest BCUT2D eigenvalue weighted by molar-refractivity contribution is 5.92. The van der Waals surface area contributed by atoms with E-state index in [2.05, 4.69) is 5.32 Å². The fraction of sp³-hybridized carbons (Fsp3) is 0.556. The van der Waals surface area contributed by atoms with Gasteiger partial charge in [0.1, 0.15) is 5.82 Å². The van der Waals surface area contributed by atoms with E-state index in [0.717, 1.165) is 6.42 Å². The molecule has 1 aromatic rings. The van der Waals surface area contributed by atoms with Crippen LogP contribution in [0.5, 0.6) is 0 Å². The van der Waals surface area contributed by atoms with Gasteiger partial charge < -0.3 is 16.0 Å². The topological polar surface area (TPSA) is 78.7 Å². The van der Waals surface area contributed by atoms with Crippen molar-refractivity contribution in [1.82, 2.24) is 9.80 Å². The first kappa shape index (κ1) is 22.3. The Hall–Kier alpha value is -1.70. The van der Waals surface area contributed by atoms with Gasteiger partial charge in [0.15, 0.2) is 0 Å². The van der Waals surface area contributed by atoms with Crippen molar-refractivity contribution in [3.63, 3.8) is 0 Å². The van der Waals surface area contributed by atoms with Crippen molar-refractivity contribution in [3.8, 4) is 0 Å². The Kier molecular flexibility index (Phi) is 8.46. The second-order valence-corrected chi connectivity index (χ2v) is 6.79. The van der Waals surface area contributed by atoms with Gasteiger partial charge in [-0.25, -0.2) is 4.39 Å². The summed E-state index contributed by atoms with van der Waals surface area (Å²) >= 11 is 0. The average Bonchev–Trinajstić information content (AvgIpc) is 2.57. The third kappa shape index (κ3) is 6.23. The lowest BCUT2D eigenvalue weighted by Crippen LogP contribution is -2.58.